The lowest BCUT2D eigenvalue weighted by Crippen LogP contribution is -2.37. The van der Waals surface area contributed by atoms with Gasteiger partial charge in [-0.3, -0.25) is 0 Å². The Kier molecular flexibility index (Phi) is 2.93. The minimum absolute atomic E-state index is 0.0480. The van der Waals surface area contributed by atoms with Crippen LogP contribution in [0.25, 0.3) is 0 Å². The van der Waals surface area contributed by atoms with Crippen LogP contribution in [0.5, 0.6) is 0 Å². The molecule has 1 aliphatic heterocycles. The normalized spacial score (nSPS) is 16.8. The molecule has 0 radical (unpaired) electrons. The Morgan fingerprint density at radius 1 is 1.47 bits per heavy atom. The highest BCUT2D eigenvalue weighted by molar-refractivity contribution is 6.33. The zero-order valence-electron chi connectivity index (χ0n) is 8.04. The minimum atomic E-state index is -0.551. The first-order chi connectivity index (χ1) is 7.20. The third-order valence-electron chi connectivity index (χ3n) is 2.30. The molecule has 1 fully saturated rings. The molecule has 15 heavy (non-hydrogen) atoms. The highest BCUT2D eigenvalue weighted by Crippen LogP contribution is 2.27. The second kappa shape index (κ2) is 4.20. The van der Waals surface area contributed by atoms with E-state index < -0.39 is 5.82 Å². The molecule has 1 saturated heterocycles. The lowest BCUT2D eigenvalue weighted by atomic mass is 10.3. The zero-order chi connectivity index (χ0) is 10.8. The van der Waals surface area contributed by atoms with Crippen LogP contribution in [0, 0.1) is 5.82 Å². The van der Waals surface area contributed by atoms with Crippen LogP contribution in [-0.2, 0) is 4.74 Å². The van der Waals surface area contributed by atoms with Gasteiger partial charge in [0, 0.05) is 13.1 Å². The van der Waals surface area contributed by atoms with Crippen molar-refractivity contribution < 1.29 is 9.13 Å². The van der Waals surface area contributed by atoms with E-state index in [1.54, 1.807) is 4.90 Å². The Morgan fingerprint density at radius 3 is 2.80 bits per heavy atom. The second-order valence-electron chi connectivity index (χ2n) is 3.26. The predicted molar refractivity (Wildman–Crippen MR) is 56.6 cm³/mol. The van der Waals surface area contributed by atoms with Crippen molar-refractivity contribution in [3.8, 4) is 0 Å². The molecule has 2 rings (SSSR count). The molecule has 82 valence electrons. The summed E-state index contributed by atoms with van der Waals surface area (Å²) in [6.45, 7) is 2.38. The largest absolute Gasteiger partial charge is 0.395 e. The van der Waals surface area contributed by atoms with Crippen LogP contribution < -0.4 is 10.6 Å². The van der Waals surface area contributed by atoms with E-state index in [9.17, 15) is 4.39 Å². The Morgan fingerprint density at radius 2 is 2.13 bits per heavy atom. The first-order valence-corrected chi connectivity index (χ1v) is 5.00. The molecule has 1 aromatic rings. The number of halogens is 2. The number of pyridine rings is 1. The average Bonchev–Trinajstić information content (AvgIpc) is 2.27. The van der Waals surface area contributed by atoms with Gasteiger partial charge in [0.05, 0.1) is 30.1 Å². The summed E-state index contributed by atoms with van der Waals surface area (Å²) in [5.41, 5.74) is 5.44. The molecule has 1 aliphatic rings. The van der Waals surface area contributed by atoms with Crippen molar-refractivity contribution in [2.75, 3.05) is 36.9 Å². The van der Waals surface area contributed by atoms with Gasteiger partial charge in [0.2, 0.25) is 0 Å². The van der Waals surface area contributed by atoms with E-state index in [2.05, 4.69) is 4.98 Å². The molecule has 2 heterocycles. The van der Waals surface area contributed by atoms with Gasteiger partial charge in [-0.25, -0.2) is 9.37 Å². The van der Waals surface area contributed by atoms with Crippen molar-refractivity contribution in [3.05, 3.63) is 17.0 Å². The molecule has 0 saturated carbocycles. The molecule has 0 aliphatic carbocycles. The summed E-state index contributed by atoms with van der Waals surface area (Å²) in [7, 11) is 0. The first kappa shape index (κ1) is 10.4. The van der Waals surface area contributed by atoms with Gasteiger partial charge < -0.3 is 15.4 Å². The number of nitrogens with zero attached hydrogens (tertiary/aromatic N) is 2. The lowest BCUT2D eigenvalue weighted by Gasteiger charge is -2.28. The molecule has 4 nitrogen and oxygen atoms in total. The van der Waals surface area contributed by atoms with Crippen LogP contribution in [0.1, 0.15) is 0 Å². The van der Waals surface area contributed by atoms with Crippen molar-refractivity contribution in [2.24, 2.45) is 0 Å². The number of nitrogen functional groups attached to an aromatic ring is 1. The third-order valence-corrected chi connectivity index (χ3v) is 2.60. The van der Waals surface area contributed by atoms with Crippen LogP contribution in [0.3, 0.4) is 0 Å². The van der Waals surface area contributed by atoms with Crippen molar-refractivity contribution in [3.63, 3.8) is 0 Å². The highest BCUT2D eigenvalue weighted by atomic mass is 35.5. The van der Waals surface area contributed by atoms with Gasteiger partial charge in [-0.15, -0.1) is 0 Å². The van der Waals surface area contributed by atoms with E-state index in [4.69, 9.17) is 22.1 Å². The second-order valence-corrected chi connectivity index (χ2v) is 3.66. The summed E-state index contributed by atoms with van der Waals surface area (Å²) < 4.78 is 18.9. The molecule has 1 aromatic heterocycles. The average molecular weight is 232 g/mol. The fraction of sp³-hybridized carbons (Fsp3) is 0.444. The van der Waals surface area contributed by atoms with Crippen molar-refractivity contribution in [2.45, 2.75) is 0 Å². The SMILES string of the molecule is Nc1c(Cl)cnc(N2CCOCC2)c1F. The Hall–Kier alpha value is -1.07. The van der Waals surface area contributed by atoms with Gasteiger partial charge in [-0.05, 0) is 0 Å². The van der Waals surface area contributed by atoms with Crippen molar-refractivity contribution in [1.29, 1.82) is 0 Å². The topological polar surface area (TPSA) is 51.4 Å². The smallest absolute Gasteiger partial charge is 0.190 e. The number of aromatic nitrogens is 1. The molecule has 0 spiro atoms. The molecule has 2 N–H and O–H groups in total. The predicted octanol–water partition coefficient (Wildman–Crippen LogP) is 1.29. The molecule has 0 bridgehead atoms. The number of rotatable bonds is 1. The van der Waals surface area contributed by atoms with Crippen LogP contribution in [0.15, 0.2) is 6.20 Å². The Balaban J connectivity index is 2.31. The highest BCUT2D eigenvalue weighted by Gasteiger charge is 2.19. The number of morpholine rings is 1. The lowest BCUT2D eigenvalue weighted by molar-refractivity contribution is 0.122. The number of hydrogen-bond donors (Lipinski definition) is 1. The Bertz CT molecular complexity index is 369. The molecular weight excluding hydrogens is 221 g/mol. The van der Waals surface area contributed by atoms with E-state index in [1.165, 1.54) is 6.20 Å². The summed E-state index contributed by atoms with van der Waals surface area (Å²) in [6, 6.07) is 0. The van der Waals surface area contributed by atoms with Crippen LogP contribution >= 0.6 is 11.6 Å². The quantitative estimate of drug-likeness (QED) is 0.792. The Labute approximate surface area is 91.8 Å². The van der Waals surface area contributed by atoms with Gasteiger partial charge in [-0.1, -0.05) is 11.6 Å². The van der Waals surface area contributed by atoms with Crippen LogP contribution in [0.2, 0.25) is 5.02 Å². The fourth-order valence-corrected chi connectivity index (χ4v) is 1.60. The summed E-state index contributed by atoms with van der Waals surface area (Å²) >= 11 is 5.65. The maximum absolute atomic E-state index is 13.7. The van der Waals surface area contributed by atoms with E-state index in [-0.39, 0.29) is 16.5 Å². The van der Waals surface area contributed by atoms with Gasteiger partial charge >= 0.3 is 0 Å². The van der Waals surface area contributed by atoms with E-state index >= 15 is 0 Å². The molecule has 0 aromatic carbocycles. The van der Waals surface area contributed by atoms with Gasteiger partial charge in [0.1, 0.15) is 0 Å². The van der Waals surface area contributed by atoms with Crippen molar-refractivity contribution in [1.82, 2.24) is 4.98 Å². The number of hydrogen-bond acceptors (Lipinski definition) is 4. The third kappa shape index (κ3) is 1.98. The summed E-state index contributed by atoms with van der Waals surface area (Å²) in [5, 5.41) is 0.143. The first-order valence-electron chi connectivity index (χ1n) is 4.62. The number of anilines is 2. The monoisotopic (exact) mass is 231 g/mol. The van der Waals surface area contributed by atoms with Crippen molar-refractivity contribution >= 4 is 23.1 Å². The molecular formula is C9H11ClFN3O. The zero-order valence-corrected chi connectivity index (χ0v) is 8.80. The molecule has 0 amide bonds. The molecule has 6 heteroatoms. The van der Waals surface area contributed by atoms with Crippen LogP contribution in [0.4, 0.5) is 15.9 Å². The van der Waals surface area contributed by atoms with Gasteiger partial charge in [-0.2, -0.15) is 0 Å². The number of ether oxygens (including phenoxy) is 1. The standard InChI is InChI=1S/C9H11ClFN3O/c10-6-5-13-9(7(11)8(6)12)14-1-3-15-4-2-14/h5H,1-4H2,(H2,12,13). The number of nitrogens with two attached hydrogens (primary N) is 1. The molecule has 0 unspecified atom stereocenters. The van der Waals surface area contributed by atoms with Gasteiger partial charge in [0.15, 0.2) is 11.6 Å². The van der Waals surface area contributed by atoms with Gasteiger partial charge in [0.25, 0.3) is 0 Å². The summed E-state index contributed by atoms with van der Waals surface area (Å²) in [4.78, 5) is 5.74. The minimum Gasteiger partial charge on any atom is -0.395 e. The van der Waals surface area contributed by atoms with E-state index in [1.807, 2.05) is 0 Å². The van der Waals surface area contributed by atoms with Crippen LogP contribution in [-0.4, -0.2) is 31.3 Å². The van der Waals surface area contributed by atoms with E-state index in [0.29, 0.717) is 26.3 Å². The fourth-order valence-electron chi connectivity index (χ4n) is 1.46. The van der Waals surface area contributed by atoms with E-state index in [0.717, 1.165) is 0 Å². The molecule has 0 atom stereocenters. The maximum Gasteiger partial charge on any atom is 0.190 e. The summed E-state index contributed by atoms with van der Waals surface area (Å²) in [5.74, 6) is -0.301. The summed E-state index contributed by atoms with van der Waals surface area (Å²) in [6.07, 6.45) is 1.37. The maximum atomic E-state index is 13.7.